The Morgan fingerprint density at radius 3 is 1.65 bits per heavy atom. The second kappa shape index (κ2) is 6.14. The summed E-state index contributed by atoms with van der Waals surface area (Å²) in [5, 5.41) is 0. The molecular weight excluding hydrogens is 283 g/mol. The fourth-order valence-corrected chi connectivity index (χ4v) is 2.48. The second-order valence-electron chi connectivity index (χ2n) is 7.08. The SMILES string of the molecule is CC(C)(C)C(C)(C(=O)OCCOP(=O)(O)O)C(C)(C)C. The van der Waals surface area contributed by atoms with Crippen molar-refractivity contribution in [2.45, 2.75) is 48.5 Å². The average molecular weight is 310 g/mol. The number of ether oxygens (including phenoxy) is 1. The molecule has 0 aliphatic heterocycles. The van der Waals surface area contributed by atoms with Gasteiger partial charge in [-0.05, 0) is 17.8 Å². The molecule has 2 N–H and O–H groups in total. The summed E-state index contributed by atoms with van der Waals surface area (Å²) in [5.41, 5.74) is -1.40. The minimum Gasteiger partial charge on any atom is -0.463 e. The van der Waals surface area contributed by atoms with Crippen LogP contribution in [0.25, 0.3) is 0 Å². The first-order valence-electron chi connectivity index (χ1n) is 6.50. The van der Waals surface area contributed by atoms with Crippen LogP contribution in [0.4, 0.5) is 0 Å². The normalized spacial score (nSPS) is 14.2. The Kier molecular flexibility index (Phi) is 6.01. The number of hydrogen-bond donors (Lipinski definition) is 2. The van der Waals surface area contributed by atoms with Crippen molar-refractivity contribution in [3.63, 3.8) is 0 Å². The monoisotopic (exact) mass is 310 g/mol. The molecule has 0 aromatic heterocycles. The smallest absolute Gasteiger partial charge is 0.463 e. The maximum atomic E-state index is 12.4. The molecule has 6 nitrogen and oxygen atoms in total. The number of rotatable bonds is 5. The molecule has 0 saturated carbocycles. The van der Waals surface area contributed by atoms with Crippen molar-refractivity contribution in [2.75, 3.05) is 13.2 Å². The van der Waals surface area contributed by atoms with Gasteiger partial charge in [0.05, 0.1) is 12.0 Å². The molecule has 0 atom stereocenters. The zero-order valence-electron chi connectivity index (χ0n) is 13.4. The predicted molar refractivity (Wildman–Crippen MR) is 76.0 cm³/mol. The van der Waals surface area contributed by atoms with Gasteiger partial charge in [-0.15, -0.1) is 0 Å². The zero-order valence-corrected chi connectivity index (χ0v) is 14.3. The number of carbonyl (C=O) groups is 1. The molecule has 120 valence electrons. The van der Waals surface area contributed by atoms with Crippen LogP contribution in [0.2, 0.25) is 0 Å². The molecule has 20 heavy (non-hydrogen) atoms. The zero-order chi connectivity index (χ0) is 16.4. The van der Waals surface area contributed by atoms with Gasteiger partial charge in [0.1, 0.15) is 6.61 Å². The van der Waals surface area contributed by atoms with E-state index in [1.807, 2.05) is 48.5 Å². The first kappa shape index (κ1) is 19.6. The first-order valence-corrected chi connectivity index (χ1v) is 8.03. The molecule has 0 bridgehead atoms. The van der Waals surface area contributed by atoms with Gasteiger partial charge in [-0.3, -0.25) is 9.32 Å². The lowest BCUT2D eigenvalue weighted by molar-refractivity contribution is -0.173. The highest BCUT2D eigenvalue weighted by Gasteiger charge is 2.53. The minimum absolute atomic E-state index is 0.189. The number of esters is 1. The summed E-state index contributed by atoms with van der Waals surface area (Å²) in [7, 11) is -4.52. The molecule has 0 fully saturated rings. The lowest BCUT2D eigenvalue weighted by Gasteiger charge is -2.48. The van der Waals surface area contributed by atoms with Crippen molar-refractivity contribution in [3.05, 3.63) is 0 Å². The van der Waals surface area contributed by atoms with Crippen LogP contribution in [0.3, 0.4) is 0 Å². The molecule has 0 aliphatic rings. The van der Waals surface area contributed by atoms with Crippen LogP contribution in [-0.4, -0.2) is 29.0 Å². The highest BCUT2D eigenvalue weighted by molar-refractivity contribution is 7.46. The number of phosphoric ester groups is 1. The molecular formula is C13H27O6P. The van der Waals surface area contributed by atoms with Gasteiger partial charge in [-0.1, -0.05) is 41.5 Å². The van der Waals surface area contributed by atoms with E-state index >= 15 is 0 Å². The van der Waals surface area contributed by atoms with Gasteiger partial charge < -0.3 is 14.5 Å². The van der Waals surface area contributed by atoms with E-state index in [-0.39, 0.29) is 24.0 Å². The number of hydrogen-bond acceptors (Lipinski definition) is 4. The van der Waals surface area contributed by atoms with Gasteiger partial charge in [0.15, 0.2) is 0 Å². The summed E-state index contributed by atoms with van der Waals surface area (Å²) in [4.78, 5) is 29.5. The Morgan fingerprint density at radius 1 is 0.950 bits per heavy atom. The van der Waals surface area contributed by atoms with E-state index in [4.69, 9.17) is 14.5 Å². The summed E-state index contributed by atoms with van der Waals surface area (Å²) in [5.74, 6) is -0.396. The van der Waals surface area contributed by atoms with Gasteiger partial charge in [-0.2, -0.15) is 0 Å². The summed E-state index contributed by atoms with van der Waals surface area (Å²) in [6, 6.07) is 0. The summed E-state index contributed by atoms with van der Waals surface area (Å²) in [6.45, 7) is 13.1. The van der Waals surface area contributed by atoms with Crippen molar-refractivity contribution in [1.29, 1.82) is 0 Å². The van der Waals surface area contributed by atoms with Crippen LogP contribution in [-0.2, 0) is 18.6 Å². The molecule has 0 spiro atoms. The molecule has 0 aliphatic carbocycles. The van der Waals surface area contributed by atoms with E-state index in [1.165, 1.54) is 0 Å². The lowest BCUT2D eigenvalue weighted by Crippen LogP contribution is -2.51. The second-order valence-corrected chi connectivity index (χ2v) is 8.32. The van der Waals surface area contributed by atoms with Crippen molar-refractivity contribution < 1.29 is 28.4 Å². The van der Waals surface area contributed by atoms with Gasteiger partial charge in [0, 0.05) is 0 Å². The van der Waals surface area contributed by atoms with E-state index in [0.717, 1.165) is 0 Å². The molecule has 7 heteroatoms. The third-order valence-corrected chi connectivity index (χ3v) is 4.50. The molecule has 0 saturated heterocycles. The standard InChI is InChI=1S/C13H27O6P/c1-11(2,3)13(7,12(4,5)6)10(14)18-8-9-19-20(15,16)17/h8-9H2,1-7H3,(H2,15,16,17). The number of carbonyl (C=O) groups excluding carboxylic acids is 1. The van der Waals surface area contributed by atoms with E-state index in [0.29, 0.717) is 0 Å². The largest absolute Gasteiger partial charge is 0.469 e. The average Bonchev–Trinajstić information content (AvgIpc) is 2.18. The molecule has 0 aromatic carbocycles. The summed E-state index contributed by atoms with van der Waals surface area (Å²) in [6.07, 6.45) is 0. The quantitative estimate of drug-likeness (QED) is 0.461. The first-order chi connectivity index (χ1) is 8.63. The van der Waals surface area contributed by atoms with E-state index in [2.05, 4.69) is 4.52 Å². The summed E-state index contributed by atoms with van der Waals surface area (Å²) >= 11 is 0. The van der Waals surface area contributed by atoms with Crippen LogP contribution in [0, 0.1) is 16.2 Å². The maximum Gasteiger partial charge on any atom is 0.469 e. The van der Waals surface area contributed by atoms with E-state index in [9.17, 15) is 9.36 Å². The fraction of sp³-hybridized carbons (Fsp3) is 0.923. The maximum absolute atomic E-state index is 12.4. The van der Waals surface area contributed by atoms with Crippen LogP contribution >= 0.6 is 7.82 Å². The van der Waals surface area contributed by atoms with Crippen molar-refractivity contribution in [3.8, 4) is 0 Å². The highest BCUT2D eigenvalue weighted by Crippen LogP contribution is 2.52. The third-order valence-electron chi connectivity index (χ3n) is 3.98. The molecule has 0 unspecified atom stereocenters. The minimum atomic E-state index is -4.52. The highest BCUT2D eigenvalue weighted by atomic mass is 31.2. The Balaban J connectivity index is 4.83. The van der Waals surface area contributed by atoms with E-state index in [1.54, 1.807) is 0 Å². The van der Waals surface area contributed by atoms with Gasteiger partial charge in [0.2, 0.25) is 0 Å². The Morgan fingerprint density at radius 2 is 1.35 bits per heavy atom. The summed E-state index contributed by atoms with van der Waals surface area (Å²) < 4.78 is 19.9. The van der Waals surface area contributed by atoms with Crippen LogP contribution in [0.5, 0.6) is 0 Å². The molecule has 0 amide bonds. The fourth-order valence-electron chi connectivity index (χ4n) is 2.17. The van der Waals surface area contributed by atoms with Crippen molar-refractivity contribution in [2.24, 2.45) is 16.2 Å². The molecule has 0 aromatic rings. The topological polar surface area (TPSA) is 93.1 Å². The van der Waals surface area contributed by atoms with Crippen LogP contribution in [0.15, 0.2) is 0 Å². The lowest BCUT2D eigenvalue weighted by atomic mass is 9.55. The van der Waals surface area contributed by atoms with Crippen molar-refractivity contribution in [1.82, 2.24) is 0 Å². The third kappa shape index (κ3) is 4.85. The predicted octanol–water partition coefficient (Wildman–Crippen LogP) is 2.74. The van der Waals surface area contributed by atoms with Gasteiger partial charge in [0.25, 0.3) is 0 Å². The Labute approximate surface area is 121 Å². The Bertz CT molecular complexity index is 371. The van der Waals surface area contributed by atoms with Crippen LogP contribution in [0.1, 0.15) is 48.5 Å². The molecule has 0 heterocycles. The van der Waals surface area contributed by atoms with Gasteiger partial charge in [-0.25, -0.2) is 4.57 Å². The van der Waals surface area contributed by atoms with E-state index < -0.39 is 19.2 Å². The molecule has 0 rings (SSSR count). The number of phosphoric acid groups is 1. The van der Waals surface area contributed by atoms with Gasteiger partial charge >= 0.3 is 13.8 Å². The Hall–Kier alpha value is -0.420. The van der Waals surface area contributed by atoms with Crippen LogP contribution < -0.4 is 0 Å². The van der Waals surface area contributed by atoms with Crippen molar-refractivity contribution >= 4 is 13.8 Å². The molecule has 0 radical (unpaired) electrons.